The van der Waals surface area contributed by atoms with Crippen molar-refractivity contribution in [1.29, 1.82) is 0 Å². The van der Waals surface area contributed by atoms with Gasteiger partial charge in [-0.15, -0.1) is 0 Å². The van der Waals surface area contributed by atoms with Crippen LogP contribution in [-0.2, 0) is 25.9 Å². The van der Waals surface area contributed by atoms with Gasteiger partial charge in [-0.05, 0) is 81.3 Å². The van der Waals surface area contributed by atoms with Crippen LogP contribution in [-0.4, -0.2) is 51.2 Å². The molecule has 1 saturated carbocycles. The lowest BCUT2D eigenvalue weighted by atomic mass is 9.92. The van der Waals surface area contributed by atoms with Crippen molar-refractivity contribution in [2.24, 2.45) is 5.92 Å². The summed E-state index contributed by atoms with van der Waals surface area (Å²) in [5.74, 6) is -1.47. The van der Waals surface area contributed by atoms with Crippen molar-refractivity contribution in [2.45, 2.75) is 65.5 Å². The van der Waals surface area contributed by atoms with Gasteiger partial charge in [-0.1, -0.05) is 6.07 Å². The minimum absolute atomic E-state index is 0.0335. The molecule has 1 heterocycles. The molecule has 6 nitrogen and oxygen atoms in total. The van der Waals surface area contributed by atoms with Gasteiger partial charge in [-0.2, -0.15) is 13.2 Å². The van der Waals surface area contributed by atoms with Gasteiger partial charge in [0.15, 0.2) is 19.7 Å². The molecule has 202 valence electrons. The van der Waals surface area contributed by atoms with E-state index in [9.17, 15) is 39.2 Å². The van der Waals surface area contributed by atoms with Crippen LogP contribution in [0.5, 0.6) is 0 Å². The van der Waals surface area contributed by atoms with Crippen LogP contribution in [0.25, 0.3) is 0 Å². The Labute approximate surface area is 213 Å². The highest BCUT2D eigenvalue weighted by atomic mass is 32.2. The van der Waals surface area contributed by atoms with Crippen molar-refractivity contribution >= 4 is 25.6 Å². The summed E-state index contributed by atoms with van der Waals surface area (Å²) < 4.78 is 104. The number of likely N-dealkylation sites (tertiary alicyclic amines) is 1. The molecule has 2 fully saturated rings. The van der Waals surface area contributed by atoms with Gasteiger partial charge in [0.1, 0.15) is 10.7 Å². The van der Waals surface area contributed by atoms with Crippen molar-refractivity contribution in [3.05, 3.63) is 59.4 Å². The Morgan fingerprint density at radius 3 is 2.22 bits per heavy atom. The van der Waals surface area contributed by atoms with Crippen molar-refractivity contribution in [2.75, 3.05) is 13.1 Å². The summed E-state index contributed by atoms with van der Waals surface area (Å²) in [6, 6.07) is 7.06. The molecule has 2 aromatic rings. The topological polar surface area (TPSA) is 88.6 Å². The number of hydrogen-bond acceptors (Lipinski definition) is 5. The number of carbonyl (C=O) groups is 1. The molecule has 2 aromatic carbocycles. The summed E-state index contributed by atoms with van der Waals surface area (Å²) in [4.78, 5) is 13.6. The lowest BCUT2D eigenvalue weighted by Crippen LogP contribution is -2.39. The van der Waals surface area contributed by atoms with Crippen molar-refractivity contribution in [1.82, 2.24) is 4.90 Å². The quantitative estimate of drug-likeness (QED) is 0.450. The number of sulfone groups is 2. The number of hydrogen-bond donors (Lipinski definition) is 0. The maximum absolute atomic E-state index is 14.5. The summed E-state index contributed by atoms with van der Waals surface area (Å²) in [6.45, 7) is 2.06. The van der Waals surface area contributed by atoms with Gasteiger partial charge in [0.25, 0.3) is 5.91 Å². The number of rotatable bonds is 7. The Bertz CT molecular complexity index is 1390. The molecule has 0 spiro atoms. The van der Waals surface area contributed by atoms with E-state index in [1.807, 2.05) is 0 Å². The molecule has 1 aliphatic heterocycles. The second-order valence-corrected chi connectivity index (χ2v) is 14.3. The molecule has 1 atom stereocenters. The monoisotopic (exact) mass is 561 g/mol. The number of piperidine rings is 1. The van der Waals surface area contributed by atoms with Crippen molar-refractivity contribution < 1.29 is 39.2 Å². The van der Waals surface area contributed by atoms with E-state index in [0.717, 1.165) is 30.3 Å². The molecule has 0 bridgehead atoms. The minimum Gasteiger partial charge on any atom is -0.339 e. The minimum atomic E-state index is -4.65. The van der Waals surface area contributed by atoms with E-state index >= 15 is 0 Å². The SMILES string of the molecule is CC(CC1CCN(C(=O)c2ccc(S(=O)(=O)C3CC3)c(F)c2)CC1)S(=O)(=O)c1cccc(C(F)(F)F)c1. The van der Waals surface area contributed by atoms with Gasteiger partial charge < -0.3 is 4.90 Å². The first-order chi connectivity index (χ1) is 17.2. The standard InChI is InChI=1S/C25H27F4NO5S2/c1-16(36(32,33)21-4-2-3-19(15-21)25(27,28)29)13-17-9-11-30(12-10-17)24(31)18-5-8-23(22(26)14-18)37(34,35)20-6-7-20/h2-5,8,14-17,20H,6-7,9-13H2,1H3. The average molecular weight is 562 g/mol. The second kappa shape index (κ2) is 10.0. The third-order valence-electron chi connectivity index (χ3n) is 7.04. The van der Waals surface area contributed by atoms with Crippen molar-refractivity contribution in [3.8, 4) is 0 Å². The fourth-order valence-electron chi connectivity index (χ4n) is 4.65. The van der Waals surface area contributed by atoms with Crippen LogP contribution in [0.1, 0.15) is 54.9 Å². The number of amides is 1. The normalized spacial score (nSPS) is 18.6. The molecular formula is C25H27F4NO5S2. The Kier molecular flexibility index (Phi) is 7.46. The van der Waals surface area contributed by atoms with Crippen LogP contribution < -0.4 is 0 Å². The van der Waals surface area contributed by atoms with Gasteiger partial charge >= 0.3 is 6.18 Å². The molecule has 0 radical (unpaired) electrons. The summed E-state index contributed by atoms with van der Waals surface area (Å²) in [5.41, 5.74) is -0.992. The average Bonchev–Trinajstić information content (AvgIpc) is 3.70. The molecule has 37 heavy (non-hydrogen) atoms. The lowest BCUT2D eigenvalue weighted by Gasteiger charge is -2.33. The third-order valence-corrected chi connectivity index (χ3v) is 11.5. The molecule has 1 saturated heterocycles. The maximum Gasteiger partial charge on any atom is 0.416 e. The van der Waals surface area contributed by atoms with Gasteiger partial charge in [0.05, 0.1) is 21.0 Å². The zero-order valence-electron chi connectivity index (χ0n) is 20.0. The van der Waals surface area contributed by atoms with Crippen LogP contribution >= 0.6 is 0 Å². The lowest BCUT2D eigenvalue weighted by molar-refractivity contribution is -0.137. The molecule has 4 rings (SSSR count). The first-order valence-corrected chi connectivity index (χ1v) is 15.0. The van der Waals surface area contributed by atoms with Crippen molar-refractivity contribution in [3.63, 3.8) is 0 Å². The zero-order valence-corrected chi connectivity index (χ0v) is 21.7. The Morgan fingerprint density at radius 2 is 1.65 bits per heavy atom. The summed E-state index contributed by atoms with van der Waals surface area (Å²) in [5, 5.41) is -1.49. The highest BCUT2D eigenvalue weighted by molar-refractivity contribution is 7.92. The predicted molar refractivity (Wildman–Crippen MR) is 128 cm³/mol. The van der Waals surface area contributed by atoms with Gasteiger partial charge in [0.2, 0.25) is 0 Å². The zero-order chi connectivity index (χ0) is 27.2. The first-order valence-electron chi connectivity index (χ1n) is 11.9. The highest BCUT2D eigenvalue weighted by Gasteiger charge is 2.39. The van der Waals surface area contributed by atoms with E-state index < -0.39 is 58.5 Å². The molecule has 1 aliphatic carbocycles. The molecular weight excluding hydrogens is 534 g/mol. The van der Waals surface area contributed by atoms with Crippen LogP contribution in [0.2, 0.25) is 0 Å². The van der Waals surface area contributed by atoms with E-state index in [1.54, 1.807) is 0 Å². The van der Waals surface area contributed by atoms with Crippen LogP contribution in [0, 0.1) is 11.7 Å². The summed E-state index contributed by atoms with van der Waals surface area (Å²) in [7, 11) is -7.72. The van der Waals surface area contributed by atoms with E-state index in [1.165, 1.54) is 17.9 Å². The number of benzene rings is 2. The largest absolute Gasteiger partial charge is 0.416 e. The molecule has 0 N–H and O–H groups in total. The molecule has 1 amide bonds. The molecule has 12 heteroatoms. The van der Waals surface area contributed by atoms with E-state index in [-0.39, 0.29) is 22.8 Å². The Hall–Kier alpha value is -2.47. The highest BCUT2D eigenvalue weighted by Crippen LogP contribution is 2.35. The predicted octanol–water partition coefficient (Wildman–Crippen LogP) is 4.89. The van der Waals surface area contributed by atoms with Gasteiger partial charge in [-0.25, -0.2) is 21.2 Å². The van der Waals surface area contributed by atoms with E-state index in [4.69, 9.17) is 0 Å². The smallest absolute Gasteiger partial charge is 0.339 e. The fraction of sp³-hybridized carbons (Fsp3) is 0.480. The van der Waals surface area contributed by atoms with Crippen LogP contribution in [0.15, 0.2) is 52.3 Å². The molecule has 2 aliphatic rings. The first kappa shape index (κ1) is 27.6. The number of alkyl halides is 3. The van der Waals surface area contributed by atoms with Gasteiger partial charge in [0, 0.05) is 18.7 Å². The molecule has 0 aromatic heterocycles. The van der Waals surface area contributed by atoms with E-state index in [0.29, 0.717) is 44.8 Å². The number of halogens is 4. The third kappa shape index (κ3) is 5.84. The molecule has 1 unspecified atom stereocenters. The number of nitrogens with zero attached hydrogens (tertiary/aromatic N) is 1. The van der Waals surface area contributed by atoms with E-state index in [2.05, 4.69) is 0 Å². The Balaban J connectivity index is 1.37. The fourth-order valence-corrected chi connectivity index (χ4v) is 7.91. The summed E-state index contributed by atoms with van der Waals surface area (Å²) >= 11 is 0. The number of carbonyl (C=O) groups excluding carboxylic acids is 1. The second-order valence-electron chi connectivity index (χ2n) is 9.74. The maximum atomic E-state index is 14.5. The van der Waals surface area contributed by atoms with Crippen LogP contribution in [0.4, 0.5) is 17.6 Å². The summed E-state index contributed by atoms with van der Waals surface area (Å²) in [6.07, 6.45) is -2.48. The Morgan fingerprint density at radius 1 is 1.00 bits per heavy atom. The van der Waals surface area contributed by atoms with Crippen LogP contribution in [0.3, 0.4) is 0 Å². The van der Waals surface area contributed by atoms with Gasteiger partial charge in [-0.3, -0.25) is 4.79 Å².